The monoisotopic (exact) mass is 281 g/mol. The maximum Gasteiger partial charge on any atom is 0.243 e. The highest BCUT2D eigenvalue weighted by atomic mass is 16.5. The molecule has 2 atom stereocenters. The van der Waals surface area contributed by atoms with Crippen LogP contribution >= 0.6 is 0 Å². The summed E-state index contributed by atoms with van der Waals surface area (Å²) in [5, 5.41) is 3.92. The Kier molecular flexibility index (Phi) is 4.72. The molecule has 0 saturated carbocycles. The lowest BCUT2D eigenvalue weighted by Crippen LogP contribution is -2.52. The largest absolute Gasteiger partial charge is 0.339 e. The van der Waals surface area contributed by atoms with Crippen molar-refractivity contribution in [3.63, 3.8) is 0 Å². The average Bonchev–Trinajstić information content (AvgIpc) is 2.94. The molecule has 20 heavy (non-hydrogen) atoms. The van der Waals surface area contributed by atoms with Crippen LogP contribution in [0.15, 0.2) is 4.52 Å². The SMILES string of the molecule is CCc1noc(C(C)N2CCN(C(=O)[C@@H](C)N)CC2)n1. The lowest BCUT2D eigenvalue weighted by atomic mass is 10.2. The molecule has 1 amide bonds. The summed E-state index contributed by atoms with van der Waals surface area (Å²) in [4.78, 5) is 20.3. The zero-order chi connectivity index (χ0) is 14.7. The summed E-state index contributed by atoms with van der Waals surface area (Å²) >= 11 is 0. The standard InChI is InChI=1S/C13H23N5O2/c1-4-11-15-12(20-16-11)10(3)17-5-7-18(8-6-17)13(19)9(2)14/h9-10H,4-8,14H2,1-3H3/t9-,10?/m1/s1. The molecule has 1 unspecified atom stereocenters. The molecular formula is C13H23N5O2. The molecule has 1 fully saturated rings. The molecule has 0 radical (unpaired) electrons. The molecule has 0 aliphatic carbocycles. The molecule has 2 rings (SSSR count). The molecule has 7 nitrogen and oxygen atoms in total. The van der Waals surface area contributed by atoms with Gasteiger partial charge in [0.1, 0.15) is 0 Å². The topological polar surface area (TPSA) is 88.5 Å². The third kappa shape index (κ3) is 3.16. The molecule has 0 bridgehead atoms. The maximum absolute atomic E-state index is 11.8. The highest BCUT2D eigenvalue weighted by molar-refractivity contribution is 5.81. The van der Waals surface area contributed by atoms with Gasteiger partial charge in [-0.1, -0.05) is 12.1 Å². The van der Waals surface area contributed by atoms with Gasteiger partial charge in [-0.15, -0.1) is 0 Å². The van der Waals surface area contributed by atoms with Gasteiger partial charge in [0.2, 0.25) is 11.8 Å². The van der Waals surface area contributed by atoms with Crippen LogP contribution in [0.1, 0.15) is 38.5 Å². The fourth-order valence-electron chi connectivity index (χ4n) is 2.35. The Morgan fingerprint density at radius 1 is 1.35 bits per heavy atom. The van der Waals surface area contributed by atoms with Gasteiger partial charge >= 0.3 is 0 Å². The van der Waals surface area contributed by atoms with E-state index in [9.17, 15) is 4.79 Å². The summed E-state index contributed by atoms with van der Waals surface area (Å²) in [6.45, 7) is 8.75. The molecule has 2 heterocycles. The van der Waals surface area contributed by atoms with Crippen molar-refractivity contribution in [2.45, 2.75) is 39.3 Å². The smallest absolute Gasteiger partial charge is 0.243 e. The lowest BCUT2D eigenvalue weighted by Gasteiger charge is -2.37. The van der Waals surface area contributed by atoms with Gasteiger partial charge < -0.3 is 15.2 Å². The average molecular weight is 281 g/mol. The van der Waals surface area contributed by atoms with E-state index in [4.69, 9.17) is 10.3 Å². The Hall–Kier alpha value is -1.47. The van der Waals surface area contributed by atoms with Crippen LogP contribution in [0.3, 0.4) is 0 Å². The van der Waals surface area contributed by atoms with Crippen molar-refractivity contribution in [1.29, 1.82) is 0 Å². The first-order valence-corrected chi connectivity index (χ1v) is 7.13. The molecular weight excluding hydrogens is 258 g/mol. The summed E-state index contributed by atoms with van der Waals surface area (Å²) in [6, 6.07) is -0.350. The van der Waals surface area contributed by atoms with E-state index in [2.05, 4.69) is 22.0 Å². The quantitative estimate of drug-likeness (QED) is 0.847. The molecule has 1 saturated heterocycles. The molecule has 1 aliphatic rings. The first-order valence-electron chi connectivity index (χ1n) is 7.13. The van der Waals surface area contributed by atoms with Gasteiger partial charge in [0.15, 0.2) is 5.82 Å². The number of carbonyl (C=O) groups excluding carboxylic acids is 1. The Morgan fingerprint density at radius 3 is 2.50 bits per heavy atom. The minimum Gasteiger partial charge on any atom is -0.339 e. The number of nitrogens with zero attached hydrogens (tertiary/aromatic N) is 4. The van der Waals surface area contributed by atoms with E-state index >= 15 is 0 Å². The second kappa shape index (κ2) is 6.32. The number of piperazine rings is 1. The van der Waals surface area contributed by atoms with Crippen molar-refractivity contribution in [2.75, 3.05) is 26.2 Å². The van der Waals surface area contributed by atoms with Crippen LogP contribution < -0.4 is 5.73 Å². The highest BCUT2D eigenvalue weighted by Crippen LogP contribution is 2.20. The number of rotatable bonds is 4. The molecule has 2 N–H and O–H groups in total. The Labute approximate surface area is 119 Å². The van der Waals surface area contributed by atoms with E-state index in [1.807, 2.05) is 11.8 Å². The van der Waals surface area contributed by atoms with Gasteiger partial charge in [-0.05, 0) is 13.8 Å². The summed E-state index contributed by atoms with van der Waals surface area (Å²) in [6.07, 6.45) is 0.771. The Balaban J connectivity index is 1.91. The number of aromatic nitrogens is 2. The second-order valence-electron chi connectivity index (χ2n) is 5.23. The summed E-state index contributed by atoms with van der Waals surface area (Å²) in [5.74, 6) is 1.40. The maximum atomic E-state index is 11.8. The highest BCUT2D eigenvalue weighted by Gasteiger charge is 2.28. The predicted octanol–water partition coefficient (Wildman–Crippen LogP) is 0.184. The molecule has 0 spiro atoms. The summed E-state index contributed by atoms with van der Waals surface area (Å²) in [7, 11) is 0. The zero-order valence-electron chi connectivity index (χ0n) is 12.4. The Bertz CT molecular complexity index is 451. The van der Waals surface area contributed by atoms with Gasteiger partial charge in [-0.3, -0.25) is 9.69 Å². The normalized spacial score (nSPS) is 19.9. The fraction of sp³-hybridized carbons (Fsp3) is 0.769. The van der Waals surface area contributed by atoms with Crippen molar-refractivity contribution in [2.24, 2.45) is 5.73 Å². The third-order valence-electron chi connectivity index (χ3n) is 3.72. The van der Waals surface area contributed by atoms with E-state index in [1.54, 1.807) is 6.92 Å². The fourth-order valence-corrected chi connectivity index (χ4v) is 2.35. The van der Waals surface area contributed by atoms with Crippen LogP contribution in [-0.4, -0.2) is 58.1 Å². The lowest BCUT2D eigenvalue weighted by molar-refractivity contribution is -0.134. The van der Waals surface area contributed by atoms with E-state index in [-0.39, 0.29) is 11.9 Å². The number of carbonyl (C=O) groups is 1. The predicted molar refractivity (Wildman–Crippen MR) is 73.9 cm³/mol. The van der Waals surface area contributed by atoms with E-state index in [0.717, 1.165) is 25.3 Å². The van der Waals surface area contributed by atoms with Gasteiger partial charge in [-0.2, -0.15) is 4.98 Å². The summed E-state index contributed by atoms with van der Waals surface area (Å²) in [5.41, 5.74) is 5.63. The van der Waals surface area contributed by atoms with Crippen LogP contribution in [0.2, 0.25) is 0 Å². The molecule has 7 heteroatoms. The van der Waals surface area contributed by atoms with Crippen molar-refractivity contribution in [3.05, 3.63) is 11.7 Å². The molecule has 1 aromatic heterocycles. The number of amides is 1. The van der Waals surface area contributed by atoms with Gasteiger partial charge in [0.25, 0.3) is 0 Å². The van der Waals surface area contributed by atoms with E-state index < -0.39 is 6.04 Å². The first kappa shape index (κ1) is 14.9. The van der Waals surface area contributed by atoms with Gasteiger partial charge in [0, 0.05) is 32.6 Å². The minimum absolute atomic E-state index is 0.0170. The van der Waals surface area contributed by atoms with E-state index in [1.165, 1.54) is 0 Å². The number of hydrogen-bond donors (Lipinski definition) is 1. The molecule has 1 aliphatic heterocycles. The summed E-state index contributed by atoms with van der Waals surface area (Å²) < 4.78 is 5.28. The number of hydrogen-bond acceptors (Lipinski definition) is 6. The third-order valence-corrected chi connectivity index (χ3v) is 3.72. The number of aryl methyl sites for hydroxylation is 1. The van der Waals surface area contributed by atoms with Gasteiger partial charge in [0.05, 0.1) is 12.1 Å². The molecule has 112 valence electrons. The van der Waals surface area contributed by atoms with Crippen molar-refractivity contribution in [3.8, 4) is 0 Å². The van der Waals surface area contributed by atoms with Crippen LogP contribution in [0.25, 0.3) is 0 Å². The second-order valence-corrected chi connectivity index (χ2v) is 5.23. The van der Waals surface area contributed by atoms with Crippen LogP contribution in [0, 0.1) is 0 Å². The van der Waals surface area contributed by atoms with Crippen molar-refractivity contribution >= 4 is 5.91 Å². The number of nitrogens with two attached hydrogens (primary N) is 1. The van der Waals surface area contributed by atoms with Gasteiger partial charge in [-0.25, -0.2) is 0 Å². The zero-order valence-corrected chi connectivity index (χ0v) is 12.4. The van der Waals surface area contributed by atoms with Crippen LogP contribution in [0.4, 0.5) is 0 Å². The molecule has 1 aromatic rings. The van der Waals surface area contributed by atoms with E-state index in [0.29, 0.717) is 19.0 Å². The minimum atomic E-state index is -0.429. The van der Waals surface area contributed by atoms with Crippen molar-refractivity contribution < 1.29 is 9.32 Å². The van der Waals surface area contributed by atoms with Crippen molar-refractivity contribution in [1.82, 2.24) is 19.9 Å². The van der Waals surface area contributed by atoms with Crippen LogP contribution in [-0.2, 0) is 11.2 Å². The van der Waals surface area contributed by atoms with Crippen LogP contribution in [0.5, 0.6) is 0 Å². The first-order chi connectivity index (χ1) is 9.52. The molecule has 0 aromatic carbocycles. The Morgan fingerprint density at radius 2 is 2.00 bits per heavy atom.